The third-order valence-corrected chi connectivity index (χ3v) is 4.32. The van der Waals surface area contributed by atoms with Crippen LogP contribution < -0.4 is 0 Å². The van der Waals surface area contributed by atoms with Crippen LogP contribution in [0.15, 0.2) is 0 Å². The molecule has 0 radical (unpaired) electrons. The fourth-order valence-corrected chi connectivity index (χ4v) is 2.88. The molecule has 2 N–H and O–H groups in total. The molecular weight excluding hydrogens is 220 g/mol. The Balaban J connectivity index is 3.32. The van der Waals surface area contributed by atoms with Gasteiger partial charge >= 0.3 is 0 Å². The van der Waals surface area contributed by atoms with Gasteiger partial charge in [-0.2, -0.15) is 8.42 Å². The predicted octanol–water partition coefficient (Wildman–Crippen LogP) is 1.63. The molecule has 4 nitrogen and oxygen atoms in total. The fraction of sp³-hybridized carbons (Fsp3) is 1.00. The van der Waals surface area contributed by atoms with Gasteiger partial charge in [-0.15, -0.1) is 0 Å². The lowest BCUT2D eigenvalue weighted by Gasteiger charge is -2.12. The van der Waals surface area contributed by atoms with E-state index in [1.165, 1.54) is 0 Å². The first-order chi connectivity index (χ1) is 6.21. The Morgan fingerprint density at radius 3 is 2.00 bits per heavy atom. The van der Waals surface area contributed by atoms with Crippen molar-refractivity contribution in [3.05, 3.63) is 0 Å². The first kappa shape index (κ1) is 14.1. The van der Waals surface area contributed by atoms with E-state index >= 15 is 0 Å². The van der Waals surface area contributed by atoms with Crippen molar-refractivity contribution in [3.63, 3.8) is 0 Å². The van der Waals surface area contributed by atoms with Crippen molar-refractivity contribution in [2.45, 2.75) is 44.8 Å². The Hall–Kier alpha value is 0.0869. The molecule has 0 spiro atoms. The Morgan fingerprint density at radius 2 is 1.57 bits per heavy atom. The van der Waals surface area contributed by atoms with Gasteiger partial charge in [0.05, 0.1) is 5.75 Å². The molecular formula is C8H20O4SSi. The zero-order chi connectivity index (χ0) is 11.2. The third-order valence-electron chi connectivity index (χ3n) is 1.94. The summed E-state index contributed by atoms with van der Waals surface area (Å²) in [6, 6.07) is 0.860. The average molecular weight is 240 g/mol. The molecule has 0 atom stereocenters. The minimum absolute atomic E-state index is 0.146. The minimum Gasteiger partial charge on any atom is -0.432 e. The van der Waals surface area contributed by atoms with E-state index in [1.54, 1.807) is 0 Å². The maximum absolute atomic E-state index is 10.3. The van der Waals surface area contributed by atoms with Crippen LogP contribution in [0.1, 0.15) is 25.7 Å². The van der Waals surface area contributed by atoms with E-state index in [0.717, 1.165) is 25.3 Å². The van der Waals surface area contributed by atoms with Crippen LogP contribution in [-0.4, -0.2) is 31.8 Å². The summed E-state index contributed by atoms with van der Waals surface area (Å²) >= 11 is 0. The lowest BCUT2D eigenvalue weighted by molar-refractivity contribution is 0.478. The van der Waals surface area contributed by atoms with Gasteiger partial charge < -0.3 is 4.80 Å². The number of hydrogen-bond donors (Lipinski definition) is 2. The lowest BCUT2D eigenvalue weighted by atomic mass is 10.2. The van der Waals surface area contributed by atoms with Crippen LogP contribution in [0.4, 0.5) is 0 Å². The molecule has 0 saturated carbocycles. The van der Waals surface area contributed by atoms with Crippen LogP contribution in [0.2, 0.25) is 19.1 Å². The smallest absolute Gasteiger partial charge is 0.264 e. The van der Waals surface area contributed by atoms with Crippen LogP contribution >= 0.6 is 0 Å². The zero-order valence-corrected chi connectivity index (χ0v) is 10.7. The fourth-order valence-electron chi connectivity index (χ4n) is 1.20. The molecule has 0 bridgehead atoms. The first-order valence-electron chi connectivity index (χ1n) is 4.88. The molecule has 0 fully saturated rings. The van der Waals surface area contributed by atoms with Crippen LogP contribution in [-0.2, 0) is 10.1 Å². The lowest BCUT2D eigenvalue weighted by Crippen LogP contribution is -2.23. The van der Waals surface area contributed by atoms with Crippen molar-refractivity contribution in [3.8, 4) is 0 Å². The Bertz CT molecular complexity index is 243. The number of unbranched alkanes of at least 4 members (excludes halogenated alkanes) is 3. The normalized spacial score (nSPS) is 13.1. The Labute approximate surface area is 87.2 Å². The summed E-state index contributed by atoms with van der Waals surface area (Å²) in [5.74, 6) is -0.146. The topological polar surface area (TPSA) is 74.6 Å². The van der Waals surface area contributed by atoms with Gasteiger partial charge in [-0.05, 0) is 25.6 Å². The highest BCUT2D eigenvalue weighted by molar-refractivity contribution is 7.85. The van der Waals surface area contributed by atoms with Gasteiger partial charge in [0.2, 0.25) is 0 Å². The van der Waals surface area contributed by atoms with Gasteiger partial charge in [0.25, 0.3) is 10.1 Å². The van der Waals surface area contributed by atoms with Gasteiger partial charge in [0.1, 0.15) is 0 Å². The van der Waals surface area contributed by atoms with Gasteiger partial charge in [0, 0.05) is 0 Å². The van der Waals surface area contributed by atoms with E-state index in [9.17, 15) is 13.2 Å². The van der Waals surface area contributed by atoms with Crippen molar-refractivity contribution in [2.75, 3.05) is 5.75 Å². The molecule has 0 aromatic carbocycles. The summed E-state index contributed by atoms with van der Waals surface area (Å²) in [5.41, 5.74) is 0. The molecule has 0 aromatic rings. The van der Waals surface area contributed by atoms with Crippen molar-refractivity contribution >= 4 is 18.4 Å². The maximum Gasteiger partial charge on any atom is 0.264 e. The van der Waals surface area contributed by atoms with Crippen LogP contribution in [0.25, 0.3) is 0 Å². The highest BCUT2D eigenvalue weighted by Crippen LogP contribution is 2.12. The molecule has 0 saturated heterocycles. The van der Waals surface area contributed by atoms with Gasteiger partial charge in [0.15, 0.2) is 8.32 Å². The molecule has 0 aliphatic rings. The van der Waals surface area contributed by atoms with E-state index in [4.69, 9.17) is 4.55 Å². The van der Waals surface area contributed by atoms with Crippen LogP contribution in [0.5, 0.6) is 0 Å². The summed E-state index contributed by atoms with van der Waals surface area (Å²) in [4.78, 5) is 9.51. The molecule has 0 unspecified atom stereocenters. The summed E-state index contributed by atoms with van der Waals surface area (Å²) in [5, 5.41) is 0. The second-order valence-electron chi connectivity index (χ2n) is 4.26. The molecule has 0 rings (SSSR count). The highest BCUT2D eigenvalue weighted by Gasteiger charge is 2.15. The summed E-state index contributed by atoms with van der Waals surface area (Å²) in [6.07, 6.45) is 3.17. The van der Waals surface area contributed by atoms with Crippen LogP contribution in [0, 0.1) is 0 Å². The average Bonchev–Trinajstić information content (AvgIpc) is 1.92. The van der Waals surface area contributed by atoms with E-state index < -0.39 is 18.4 Å². The van der Waals surface area contributed by atoms with Gasteiger partial charge in [-0.1, -0.05) is 19.3 Å². The van der Waals surface area contributed by atoms with E-state index in [-0.39, 0.29) is 5.75 Å². The van der Waals surface area contributed by atoms with E-state index in [1.807, 2.05) is 13.1 Å². The Kier molecular flexibility index (Phi) is 5.88. The summed E-state index contributed by atoms with van der Waals surface area (Å²) < 4.78 is 29.1. The molecule has 86 valence electrons. The largest absolute Gasteiger partial charge is 0.432 e. The monoisotopic (exact) mass is 240 g/mol. The summed E-state index contributed by atoms with van der Waals surface area (Å²) in [6.45, 7) is 3.79. The van der Waals surface area contributed by atoms with E-state index in [2.05, 4.69) is 0 Å². The quantitative estimate of drug-likeness (QED) is 0.403. The zero-order valence-electron chi connectivity index (χ0n) is 8.86. The van der Waals surface area contributed by atoms with Crippen LogP contribution in [0.3, 0.4) is 0 Å². The van der Waals surface area contributed by atoms with E-state index in [0.29, 0.717) is 6.42 Å². The van der Waals surface area contributed by atoms with Crippen molar-refractivity contribution < 1.29 is 17.8 Å². The minimum atomic E-state index is -3.78. The third kappa shape index (κ3) is 12.1. The molecule has 6 heteroatoms. The number of rotatable bonds is 7. The van der Waals surface area contributed by atoms with Crippen molar-refractivity contribution in [1.82, 2.24) is 0 Å². The molecule has 0 aromatic heterocycles. The predicted molar refractivity (Wildman–Crippen MR) is 59.4 cm³/mol. The van der Waals surface area contributed by atoms with Gasteiger partial charge in [-0.25, -0.2) is 0 Å². The second-order valence-corrected chi connectivity index (χ2v) is 9.96. The molecule has 0 amide bonds. The van der Waals surface area contributed by atoms with Crippen molar-refractivity contribution in [2.24, 2.45) is 0 Å². The molecule has 0 heterocycles. The van der Waals surface area contributed by atoms with Gasteiger partial charge in [-0.3, -0.25) is 4.55 Å². The van der Waals surface area contributed by atoms with Crippen molar-refractivity contribution in [1.29, 1.82) is 0 Å². The number of hydrogen-bond acceptors (Lipinski definition) is 3. The maximum atomic E-state index is 10.3. The molecule has 0 aliphatic heterocycles. The standard InChI is InChI=1S/C8H20O4SSi/c1-14(2,12)8-6-4-3-5-7-13(9,10)11/h12H,3-8H2,1-2H3,(H,9,10,11). The highest BCUT2D eigenvalue weighted by atomic mass is 32.2. The second kappa shape index (κ2) is 5.84. The summed E-state index contributed by atoms with van der Waals surface area (Å²) in [7, 11) is -5.70. The molecule has 14 heavy (non-hydrogen) atoms. The molecule has 0 aliphatic carbocycles. The Morgan fingerprint density at radius 1 is 1.07 bits per heavy atom. The SMILES string of the molecule is C[Si](C)(O)CCCCCCS(=O)(=O)O. The first-order valence-corrected chi connectivity index (χ1v) is 9.65.